The molecule has 1 saturated heterocycles. The number of hydrogen-bond donors (Lipinski definition) is 0. The Bertz CT molecular complexity index is 589. The van der Waals surface area contributed by atoms with E-state index in [-0.39, 0.29) is 5.88 Å². The van der Waals surface area contributed by atoms with Crippen molar-refractivity contribution >= 4 is 0 Å². The van der Waals surface area contributed by atoms with Gasteiger partial charge < -0.3 is 9.47 Å². The van der Waals surface area contributed by atoms with Gasteiger partial charge in [0.2, 0.25) is 5.88 Å². The summed E-state index contributed by atoms with van der Waals surface area (Å²) >= 11 is 0. The first-order valence-corrected chi connectivity index (χ1v) is 7.67. The number of ether oxygens (including phenoxy) is 2. The van der Waals surface area contributed by atoms with Gasteiger partial charge in [-0.05, 0) is 18.4 Å². The Labute approximate surface area is 132 Å². The number of aryl methyl sites for hydroxylation is 1. The van der Waals surface area contributed by atoms with Crippen molar-refractivity contribution in [2.24, 2.45) is 7.05 Å². The van der Waals surface area contributed by atoms with Crippen LogP contribution in [0.15, 0.2) is 17.2 Å². The molecule has 1 aliphatic carbocycles. The molecule has 2 aliphatic rings. The van der Waals surface area contributed by atoms with Gasteiger partial charge in [0, 0.05) is 32.7 Å². The molecule has 0 unspecified atom stereocenters. The van der Waals surface area contributed by atoms with Gasteiger partial charge in [-0.15, -0.1) is 0 Å². The predicted octanol–water partition coefficient (Wildman–Crippen LogP) is 2.24. The lowest BCUT2D eigenvalue weighted by Crippen LogP contribution is -2.38. The van der Waals surface area contributed by atoms with Crippen LogP contribution in [0, 0.1) is 0 Å². The topological polar surface area (TPSA) is 39.5 Å². The lowest BCUT2D eigenvalue weighted by atomic mass is 9.88. The van der Waals surface area contributed by atoms with E-state index in [1.807, 2.05) is 0 Å². The highest BCUT2D eigenvalue weighted by atomic mass is 19.4. The number of aromatic nitrogens is 2. The summed E-state index contributed by atoms with van der Waals surface area (Å²) in [6, 6.07) is 0.945. The molecule has 2 heterocycles. The number of alkyl halides is 3. The zero-order valence-electron chi connectivity index (χ0n) is 13.0. The van der Waals surface area contributed by atoms with Gasteiger partial charge >= 0.3 is 6.18 Å². The molecule has 1 fully saturated rings. The van der Waals surface area contributed by atoms with Gasteiger partial charge in [-0.2, -0.15) is 18.3 Å². The molecule has 23 heavy (non-hydrogen) atoms. The molecule has 0 spiro atoms. The minimum Gasteiger partial charge on any atom is -0.473 e. The highest BCUT2D eigenvalue weighted by Gasteiger charge is 2.35. The Morgan fingerprint density at radius 3 is 2.48 bits per heavy atom. The minimum atomic E-state index is -4.45. The summed E-state index contributed by atoms with van der Waals surface area (Å²) in [6.45, 7) is 4.60. The zero-order chi connectivity index (χ0) is 16.4. The Balaban J connectivity index is 1.57. The first-order valence-electron chi connectivity index (χ1n) is 7.67. The van der Waals surface area contributed by atoms with Crippen LogP contribution in [0.3, 0.4) is 0 Å². The lowest BCUT2D eigenvalue weighted by Gasteiger charge is -2.32. The highest BCUT2D eigenvalue weighted by Crippen LogP contribution is 2.32. The van der Waals surface area contributed by atoms with Gasteiger partial charge in [0.05, 0.1) is 13.2 Å². The molecule has 1 aromatic heterocycles. The third-order valence-electron chi connectivity index (χ3n) is 4.27. The quantitative estimate of drug-likeness (QED) is 0.776. The molecule has 128 valence electrons. The van der Waals surface area contributed by atoms with Crippen molar-refractivity contribution in [1.29, 1.82) is 0 Å². The molecule has 1 aromatic rings. The van der Waals surface area contributed by atoms with E-state index in [0.29, 0.717) is 6.61 Å². The van der Waals surface area contributed by atoms with Gasteiger partial charge in [-0.3, -0.25) is 4.90 Å². The maximum absolute atomic E-state index is 12.6. The maximum Gasteiger partial charge on any atom is 0.435 e. The molecular formula is C15H20F3N3O2. The SMILES string of the molecule is Cn1nc(C(F)(F)F)cc1OCC1=C(CN2CCOCC2)CC1. The van der Waals surface area contributed by atoms with Crippen LogP contribution in [-0.2, 0) is 18.0 Å². The summed E-state index contributed by atoms with van der Waals surface area (Å²) in [5.41, 5.74) is 1.60. The van der Waals surface area contributed by atoms with Gasteiger partial charge in [0.25, 0.3) is 0 Å². The van der Waals surface area contributed by atoms with Crippen molar-refractivity contribution in [2.45, 2.75) is 19.0 Å². The molecule has 0 radical (unpaired) electrons. The summed E-state index contributed by atoms with van der Waals surface area (Å²) in [4.78, 5) is 2.34. The molecule has 5 nitrogen and oxygen atoms in total. The van der Waals surface area contributed by atoms with E-state index in [9.17, 15) is 13.2 Å². The first kappa shape index (κ1) is 16.3. The Kier molecular flexibility index (Phi) is 4.63. The molecule has 0 N–H and O–H groups in total. The van der Waals surface area contributed by atoms with E-state index in [1.165, 1.54) is 18.2 Å². The third-order valence-corrected chi connectivity index (χ3v) is 4.27. The Morgan fingerprint density at radius 1 is 1.22 bits per heavy atom. The predicted molar refractivity (Wildman–Crippen MR) is 77.2 cm³/mol. The lowest BCUT2D eigenvalue weighted by molar-refractivity contribution is -0.141. The second-order valence-corrected chi connectivity index (χ2v) is 5.87. The van der Waals surface area contributed by atoms with Gasteiger partial charge in [0.1, 0.15) is 6.61 Å². The molecule has 0 bridgehead atoms. The summed E-state index contributed by atoms with van der Waals surface area (Å²) in [6.07, 6.45) is -2.46. The molecule has 0 atom stereocenters. The van der Waals surface area contributed by atoms with Crippen molar-refractivity contribution in [2.75, 3.05) is 39.5 Å². The zero-order valence-corrected chi connectivity index (χ0v) is 13.0. The number of hydrogen-bond acceptors (Lipinski definition) is 4. The van der Waals surface area contributed by atoms with E-state index in [0.717, 1.165) is 56.4 Å². The van der Waals surface area contributed by atoms with E-state index in [1.54, 1.807) is 0 Å². The summed E-state index contributed by atoms with van der Waals surface area (Å²) in [5.74, 6) is 0.141. The van der Waals surface area contributed by atoms with E-state index < -0.39 is 11.9 Å². The molecule has 8 heteroatoms. The number of rotatable bonds is 5. The Morgan fingerprint density at radius 2 is 1.91 bits per heavy atom. The van der Waals surface area contributed by atoms with Crippen molar-refractivity contribution in [3.8, 4) is 5.88 Å². The van der Waals surface area contributed by atoms with Crippen molar-refractivity contribution in [3.63, 3.8) is 0 Å². The van der Waals surface area contributed by atoms with Crippen molar-refractivity contribution in [3.05, 3.63) is 22.9 Å². The normalized spacial score (nSPS) is 19.8. The Hall–Kier alpha value is -1.54. The van der Waals surface area contributed by atoms with Crippen LogP contribution >= 0.6 is 0 Å². The van der Waals surface area contributed by atoms with Crippen molar-refractivity contribution < 1.29 is 22.6 Å². The van der Waals surface area contributed by atoms with E-state index in [4.69, 9.17) is 9.47 Å². The van der Waals surface area contributed by atoms with E-state index >= 15 is 0 Å². The molecule has 0 amide bonds. The molecule has 1 aliphatic heterocycles. The number of nitrogens with zero attached hydrogens (tertiary/aromatic N) is 3. The van der Waals surface area contributed by atoms with Crippen LogP contribution in [0.25, 0.3) is 0 Å². The number of morpholine rings is 1. The highest BCUT2D eigenvalue weighted by molar-refractivity contribution is 5.28. The van der Waals surface area contributed by atoms with E-state index in [2.05, 4.69) is 10.00 Å². The molecule has 0 aromatic carbocycles. The smallest absolute Gasteiger partial charge is 0.435 e. The molecule has 3 rings (SSSR count). The average Bonchev–Trinajstić information content (AvgIpc) is 2.86. The first-order chi connectivity index (χ1) is 10.9. The fourth-order valence-corrected chi connectivity index (χ4v) is 2.76. The number of halogens is 3. The van der Waals surface area contributed by atoms with Crippen LogP contribution in [0.5, 0.6) is 5.88 Å². The third kappa shape index (κ3) is 3.87. The van der Waals surface area contributed by atoms with Crippen molar-refractivity contribution in [1.82, 2.24) is 14.7 Å². The second kappa shape index (κ2) is 6.52. The van der Waals surface area contributed by atoms with Crippen LogP contribution < -0.4 is 4.74 Å². The van der Waals surface area contributed by atoms with Gasteiger partial charge in [0.15, 0.2) is 5.69 Å². The largest absolute Gasteiger partial charge is 0.473 e. The fraction of sp³-hybridized carbons (Fsp3) is 0.667. The fourth-order valence-electron chi connectivity index (χ4n) is 2.76. The maximum atomic E-state index is 12.6. The van der Waals surface area contributed by atoms with Crippen LogP contribution in [0.2, 0.25) is 0 Å². The average molecular weight is 331 g/mol. The monoisotopic (exact) mass is 331 g/mol. The van der Waals surface area contributed by atoms with Crippen LogP contribution in [0.4, 0.5) is 13.2 Å². The summed E-state index contributed by atoms with van der Waals surface area (Å²) in [7, 11) is 1.45. The minimum absolute atomic E-state index is 0.141. The summed E-state index contributed by atoms with van der Waals surface area (Å²) < 4.78 is 49.9. The second-order valence-electron chi connectivity index (χ2n) is 5.87. The van der Waals surface area contributed by atoms with Crippen LogP contribution in [-0.4, -0.2) is 54.1 Å². The summed E-state index contributed by atoms with van der Waals surface area (Å²) in [5, 5.41) is 3.44. The molecule has 0 saturated carbocycles. The van der Waals surface area contributed by atoms with Gasteiger partial charge in [-0.1, -0.05) is 5.57 Å². The van der Waals surface area contributed by atoms with Gasteiger partial charge in [-0.25, -0.2) is 4.68 Å². The molecular weight excluding hydrogens is 311 g/mol. The van der Waals surface area contributed by atoms with Crippen LogP contribution in [0.1, 0.15) is 18.5 Å². The standard InChI is InChI=1S/C15H20F3N3O2/c1-20-14(8-13(19-20)15(16,17)18)23-10-12-3-2-11(12)9-21-4-6-22-7-5-21/h8H,2-7,9-10H2,1H3.